The van der Waals surface area contributed by atoms with Crippen molar-refractivity contribution in [1.29, 1.82) is 0 Å². The van der Waals surface area contributed by atoms with Crippen LogP contribution in [-0.2, 0) is 17.6 Å². The first-order valence-electron chi connectivity index (χ1n) is 5.86. The summed E-state index contributed by atoms with van der Waals surface area (Å²) in [6.45, 7) is 0. The normalized spacial score (nSPS) is 10.3. The van der Waals surface area contributed by atoms with E-state index in [1.54, 1.807) is 20.3 Å². The highest BCUT2D eigenvalue weighted by Crippen LogP contribution is 2.28. The molecule has 0 amide bonds. The Balaban J connectivity index is 2.13. The Bertz CT molecular complexity index is 609. The van der Waals surface area contributed by atoms with Gasteiger partial charge >= 0.3 is 5.97 Å². The number of carbonyl (C=O) groups is 1. The SMILES string of the molecule is COc1ccc(Cc2noc(CC(=O)O)n2)cc1OC. The van der Waals surface area contributed by atoms with Crippen LogP contribution in [0.25, 0.3) is 0 Å². The molecule has 0 unspecified atom stereocenters. The second kappa shape index (κ2) is 6.05. The van der Waals surface area contributed by atoms with Crippen LogP contribution in [0.1, 0.15) is 17.3 Å². The van der Waals surface area contributed by atoms with Crippen molar-refractivity contribution in [3.05, 3.63) is 35.5 Å². The fourth-order valence-electron chi connectivity index (χ4n) is 1.74. The lowest BCUT2D eigenvalue weighted by atomic mass is 10.1. The molecule has 0 aliphatic carbocycles. The van der Waals surface area contributed by atoms with E-state index in [1.807, 2.05) is 12.1 Å². The summed E-state index contributed by atoms with van der Waals surface area (Å²) in [6, 6.07) is 5.45. The molecule has 0 aliphatic heterocycles. The molecular weight excluding hydrogens is 264 g/mol. The molecule has 2 aromatic rings. The number of carboxylic acid groups (broad SMARTS) is 1. The van der Waals surface area contributed by atoms with E-state index in [0.29, 0.717) is 23.7 Å². The third-order valence-electron chi connectivity index (χ3n) is 2.62. The van der Waals surface area contributed by atoms with Crippen molar-refractivity contribution in [3.63, 3.8) is 0 Å². The predicted octanol–water partition coefficient (Wildman–Crippen LogP) is 1.30. The maximum Gasteiger partial charge on any atom is 0.312 e. The van der Waals surface area contributed by atoms with Crippen LogP contribution >= 0.6 is 0 Å². The summed E-state index contributed by atoms with van der Waals surface area (Å²) in [6.07, 6.45) is 0.141. The van der Waals surface area contributed by atoms with Crippen LogP contribution < -0.4 is 9.47 Å². The van der Waals surface area contributed by atoms with Gasteiger partial charge in [-0.15, -0.1) is 0 Å². The second-order valence-corrected chi connectivity index (χ2v) is 4.04. The number of nitrogens with zero attached hydrogens (tertiary/aromatic N) is 2. The van der Waals surface area contributed by atoms with E-state index >= 15 is 0 Å². The zero-order valence-corrected chi connectivity index (χ0v) is 11.1. The van der Waals surface area contributed by atoms with Crippen LogP contribution in [0, 0.1) is 0 Å². The Morgan fingerprint density at radius 1 is 1.30 bits per heavy atom. The molecule has 1 aromatic heterocycles. The highest BCUT2D eigenvalue weighted by atomic mass is 16.5. The molecule has 0 aliphatic rings. The van der Waals surface area contributed by atoms with Crippen molar-refractivity contribution in [1.82, 2.24) is 10.1 Å². The Hall–Kier alpha value is -2.57. The van der Waals surface area contributed by atoms with E-state index in [-0.39, 0.29) is 12.3 Å². The van der Waals surface area contributed by atoms with Gasteiger partial charge in [0.15, 0.2) is 17.3 Å². The molecule has 106 valence electrons. The summed E-state index contributed by atoms with van der Waals surface area (Å²) < 4.78 is 15.2. The van der Waals surface area contributed by atoms with Gasteiger partial charge in [-0.1, -0.05) is 11.2 Å². The molecule has 0 spiro atoms. The number of ether oxygens (including phenoxy) is 2. The van der Waals surface area contributed by atoms with Gasteiger partial charge in [-0.3, -0.25) is 4.79 Å². The average molecular weight is 278 g/mol. The number of benzene rings is 1. The third-order valence-corrected chi connectivity index (χ3v) is 2.62. The molecule has 0 radical (unpaired) electrons. The molecule has 1 heterocycles. The lowest BCUT2D eigenvalue weighted by molar-refractivity contribution is -0.136. The minimum atomic E-state index is -1.01. The van der Waals surface area contributed by atoms with Gasteiger partial charge in [0.1, 0.15) is 6.42 Å². The fourth-order valence-corrected chi connectivity index (χ4v) is 1.74. The molecule has 1 N–H and O–H groups in total. The number of aromatic nitrogens is 2. The van der Waals surface area contributed by atoms with Gasteiger partial charge in [0.2, 0.25) is 5.89 Å². The van der Waals surface area contributed by atoms with E-state index in [1.165, 1.54) is 0 Å². The topological polar surface area (TPSA) is 94.7 Å². The molecule has 7 heteroatoms. The Morgan fingerprint density at radius 3 is 2.70 bits per heavy atom. The van der Waals surface area contributed by atoms with Crippen molar-refractivity contribution in [3.8, 4) is 11.5 Å². The molecular formula is C13H14N2O5. The Kier molecular flexibility index (Phi) is 4.19. The first kappa shape index (κ1) is 13.9. The third kappa shape index (κ3) is 3.25. The standard InChI is InChI=1S/C13H14N2O5/c1-18-9-4-3-8(5-10(9)19-2)6-11-14-12(20-15-11)7-13(16)17/h3-5H,6-7H2,1-2H3,(H,16,17). The summed E-state index contributed by atoms with van der Waals surface area (Å²) in [5.41, 5.74) is 0.908. The van der Waals surface area contributed by atoms with Crippen molar-refractivity contribution in [2.24, 2.45) is 0 Å². The van der Waals surface area contributed by atoms with E-state index in [4.69, 9.17) is 19.1 Å². The second-order valence-electron chi connectivity index (χ2n) is 4.04. The molecule has 1 aromatic carbocycles. The van der Waals surface area contributed by atoms with Crippen LogP contribution in [0.4, 0.5) is 0 Å². The minimum absolute atomic E-state index is 0.0907. The van der Waals surface area contributed by atoms with Crippen LogP contribution in [0.2, 0.25) is 0 Å². The monoisotopic (exact) mass is 278 g/mol. The van der Waals surface area contributed by atoms with Crippen LogP contribution in [0.15, 0.2) is 22.7 Å². The minimum Gasteiger partial charge on any atom is -0.493 e. The molecule has 2 rings (SSSR count). The lowest BCUT2D eigenvalue weighted by Crippen LogP contribution is -2.00. The van der Waals surface area contributed by atoms with Gasteiger partial charge < -0.3 is 19.1 Å². The van der Waals surface area contributed by atoms with E-state index < -0.39 is 5.97 Å². The van der Waals surface area contributed by atoms with Gasteiger partial charge in [0.25, 0.3) is 0 Å². The first-order chi connectivity index (χ1) is 9.62. The van der Waals surface area contributed by atoms with E-state index in [2.05, 4.69) is 10.1 Å². The number of rotatable bonds is 6. The van der Waals surface area contributed by atoms with Gasteiger partial charge in [-0.2, -0.15) is 4.98 Å². The largest absolute Gasteiger partial charge is 0.493 e. The highest BCUT2D eigenvalue weighted by molar-refractivity contribution is 5.68. The number of hydrogen-bond acceptors (Lipinski definition) is 6. The fraction of sp³-hybridized carbons (Fsp3) is 0.308. The molecule has 7 nitrogen and oxygen atoms in total. The average Bonchev–Trinajstić information content (AvgIpc) is 2.85. The number of hydrogen-bond donors (Lipinski definition) is 1. The summed E-state index contributed by atoms with van der Waals surface area (Å²) in [5.74, 6) is 0.753. The molecule has 20 heavy (non-hydrogen) atoms. The molecule has 0 saturated carbocycles. The van der Waals surface area contributed by atoms with E-state index in [0.717, 1.165) is 5.56 Å². The highest BCUT2D eigenvalue weighted by Gasteiger charge is 2.12. The quantitative estimate of drug-likeness (QED) is 0.851. The van der Waals surface area contributed by atoms with Gasteiger partial charge in [-0.25, -0.2) is 0 Å². The van der Waals surface area contributed by atoms with Crippen molar-refractivity contribution >= 4 is 5.97 Å². The van der Waals surface area contributed by atoms with Crippen molar-refractivity contribution in [2.45, 2.75) is 12.8 Å². The van der Waals surface area contributed by atoms with Crippen molar-refractivity contribution < 1.29 is 23.9 Å². The van der Waals surface area contributed by atoms with Gasteiger partial charge in [0.05, 0.1) is 14.2 Å². The molecule has 0 fully saturated rings. The van der Waals surface area contributed by atoms with Crippen LogP contribution in [0.5, 0.6) is 11.5 Å². The van der Waals surface area contributed by atoms with Crippen LogP contribution in [-0.4, -0.2) is 35.4 Å². The smallest absolute Gasteiger partial charge is 0.312 e. The maximum absolute atomic E-state index is 10.5. The zero-order chi connectivity index (χ0) is 14.5. The summed E-state index contributed by atoms with van der Waals surface area (Å²) >= 11 is 0. The zero-order valence-electron chi connectivity index (χ0n) is 11.1. The summed E-state index contributed by atoms with van der Waals surface area (Å²) in [4.78, 5) is 14.5. The maximum atomic E-state index is 10.5. The van der Waals surface area contributed by atoms with Crippen molar-refractivity contribution in [2.75, 3.05) is 14.2 Å². The number of carboxylic acids is 1. The van der Waals surface area contributed by atoms with Gasteiger partial charge in [-0.05, 0) is 17.7 Å². The number of methoxy groups -OCH3 is 2. The summed E-state index contributed by atoms with van der Waals surface area (Å²) in [7, 11) is 3.12. The molecule has 0 atom stereocenters. The summed E-state index contributed by atoms with van der Waals surface area (Å²) in [5, 5.41) is 12.4. The lowest BCUT2D eigenvalue weighted by Gasteiger charge is -2.08. The molecule has 0 saturated heterocycles. The predicted molar refractivity (Wildman–Crippen MR) is 68.0 cm³/mol. The Labute approximate surface area is 115 Å². The van der Waals surface area contributed by atoms with Crippen LogP contribution in [0.3, 0.4) is 0 Å². The van der Waals surface area contributed by atoms with Gasteiger partial charge in [0, 0.05) is 6.42 Å². The first-order valence-corrected chi connectivity index (χ1v) is 5.86. The Morgan fingerprint density at radius 2 is 2.05 bits per heavy atom. The van der Waals surface area contributed by atoms with E-state index in [9.17, 15) is 4.79 Å². The number of aliphatic carboxylic acids is 1. The molecule has 0 bridgehead atoms.